The molecule has 0 aliphatic heterocycles. The maximum absolute atomic E-state index is 3.58. The first-order valence-electron chi connectivity index (χ1n) is 7.08. The van der Waals surface area contributed by atoms with Crippen LogP contribution in [0.4, 0.5) is 0 Å². The average Bonchev–Trinajstić information content (AvgIpc) is 2.91. The molecule has 2 heteroatoms. The van der Waals surface area contributed by atoms with Crippen molar-refractivity contribution in [2.24, 2.45) is 0 Å². The number of aryl methyl sites for hydroxylation is 1. The third-order valence-electron chi connectivity index (χ3n) is 3.51. The fourth-order valence-electron chi connectivity index (χ4n) is 2.48. The Bertz CT molecular complexity index is 476. The van der Waals surface area contributed by atoms with Crippen molar-refractivity contribution in [3.8, 4) is 0 Å². The molecule has 1 aromatic carbocycles. The smallest absolute Gasteiger partial charge is 0.00234 e. The lowest BCUT2D eigenvalue weighted by molar-refractivity contribution is 0.575. The van der Waals surface area contributed by atoms with Crippen LogP contribution in [0, 0.1) is 6.92 Å². The quantitative estimate of drug-likeness (QED) is 0.738. The van der Waals surface area contributed by atoms with Crippen molar-refractivity contribution < 1.29 is 0 Å². The van der Waals surface area contributed by atoms with E-state index in [4.69, 9.17) is 0 Å². The summed E-state index contributed by atoms with van der Waals surface area (Å²) in [6.45, 7) is 6.60. The molecule has 1 heterocycles. The summed E-state index contributed by atoms with van der Waals surface area (Å²) in [4.78, 5) is 0. The number of hydrogen-bond acceptors (Lipinski definition) is 2. The summed E-state index contributed by atoms with van der Waals surface area (Å²) in [5, 5.41) is 8.02. The van der Waals surface area contributed by atoms with E-state index in [9.17, 15) is 0 Å². The van der Waals surface area contributed by atoms with Gasteiger partial charge in [-0.3, -0.25) is 0 Å². The molecule has 0 radical (unpaired) electrons. The molecule has 1 unspecified atom stereocenters. The minimum absolute atomic E-state index is 0.572. The Morgan fingerprint density at radius 2 is 2.05 bits per heavy atom. The highest BCUT2D eigenvalue weighted by molar-refractivity contribution is 7.07. The molecule has 0 aliphatic carbocycles. The molecule has 2 aromatic rings. The Balaban J connectivity index is 2.11. The SMILES string of the molecule is CCCNCC(Cc1ccsc1)c1ccccc1C. The fourth-order valence-corrected chi connectivity index (χ4v) is 3.16. The fraction of sp³-hybridized carbons (Fsp3) is 0.412. The van der Waals surface area contributed by atoms with E-state index in [0.717, 1.165) is 19.5 Å². The van der Waals surface area contributed by atoms with E-state index in [1.54, 1.807) is 11.3 Å². The molecule has 2 rings (SSSR count). The van der Waals surface area contributed by atoms with E-state index >= 15 is 0 Å². The van der Waals surface area contributed by atoms with E-state index in [0.29, 0.717) is 5.92 Å². The lowest BCUT2D eigenvalue weighted by atomic mass is 9.90. The van der Waals surface area contributed by atoms with Crippen molar-refractivity contribution in [3.63, 3.8) is 0 Å². The second kappa shape index (κ2) is 7.46. The van der Waals surface area contributed by atoms with E-state index in [2.05, 4.69) is 60.3 Å². The first kappa shape index (κ1) is 14.3. The second-order valence-corrected chi connectivity index (χ2v) is 5.87. The zero-order chi connectivity index (χ0) is 13.5. The first-order chi connectivity index (χ1) is 9.31. The summed E-state index contributed by atoms with van der Waals surface area (Å²) in [7, 11) is 0. The maximum atomic E-state index is 3.58. The van der Waals surface area contributed by atoms with Gasteiger partial charge in [0.25, 0.3) is 0 Å². The molecule has 1 atom stereocenters. The van der Waals surface area contributed by atoms with Gasteiger partial charge in [0.15, 0.2) is 0 Å². The number of benzene rings is 1. The van der Waals surface area contributed by atoms with Gasteiger partial charge in [0.05, 0.1) is 0 Å². The second-order valence-electron chi connectivity index (χ2n) is 5.09. The van der Waals surface area contributed by atoms with Gasteiger partial charge in [0, 0.05) is 12.5 Å². The Hall–Kier alpha value is -1.12. The molecule has 0 saturated carbocycles. The molecule has 0 bridgehead atoms. The van der Waals surface area contributed by atoms with Crippen LogP contribution >= 0.6 is 11.3 Å². The Kier molecular flexibility index (Phi) is 5.62. The van der Waals surface area contributed by atoms with Crippen LogP contribution < -0.4 is 5.32 Å². The van der Waals surface area contributed by atoms with Gasteiger partial charge in [-0.25, -0.2) is 0 Å². The molecule has 0 saturated heterocycles. The number of thiophene rings is 1. The average molecular weight is 273 g/mol. The van der Waals surface area contributed by atoms with Crippen LogP contribution in [-0.2, 0) is 6.42 Å². The Morgan fingerprint density at radius 3 is 2.74 bits per heavy atom. The molecule has 102 valence electrons. The van der Waals surface area contributed by atoms with E-state index < -0.39 is 0 Å². The van der Waals surface area contributed by atoms with Gasteiger partial charge in [-0.15, -0.1) is 0 Å². The number of rotatable bonds is 7. The van der Waals surface area contributed by atoms with Gasteiger partial charge in [-0.05, 0) is 59.8 Å². The molecule has 0 amide bonds. The van der Waals surface area contributed by atoms with Crippen LogP contribution in [0.25, 0.3) is 0 Å². The molecular formula is C17H23NS. The minimum atomic E-state index is 0.572. The molecule has 1 aromatic heterocycles. The first-order valence-corrected chi connectivity index (χ1v) is 8.03. The third kappa shape index (κ3) is 4.19. The molecule has 19 heavy (non-hydrogen) atoms. The number of nitrogens with one attached hydrogen (secondary N) is 1. The monoisotopic (exact) mass is 273 g/mol. The Morgan fingerprint density at radius 1 is 1.21 bits per heavy atom. The Labute approximate surface area is 120 Å². The zero-order valence-corrected chi connectivity index (χ0v) is 12.7. The summed E-state index contributed by atoms with van der Waals surface area (Å²) in [5.74, 6) is 0.572. The highest BCUT2D eigenvalue weighted by Crippen LogP contribution is 2.24. The van der Waals surface area contributed by atoms with Gasteiger partial charge in [0.1, 0.15) is 0 Å². The summed E-state index contributed by atoms with van der Waals surface area (Å²) < 4.78 is 0. The van der Waals surface area contributed by atoms with Crippen molar-refractivity contribution in [1.29, 1.82) is 0 Å². The summed E-state index contributed by atoms with van der Waals surface area (Å²) in [6, 6.07) is 11.0. The molecule has 0 spiro atoms. The standard InChI is InChI=1S/C17H23NS/c1-3-9-18-12-16(11-15-8-10-19-13-15)17-7-5-4-6-14(17)2/h4-8,10,13,16,18H,3,9,11-12H2,1-2H3. The predicted molar refractivity (Wildman–Crippen MR) is 85.1 cm³/mol. The molecule has 0 aliphatic rings. The third-order valence-corrected chi connectivity index (χ3v) is 4.24. The van der Waals surface area contributed by atoms with E-state index in [1.165, 1.54) is 23.1 Å². The van der Waals surface area contributed by atoms with Crippen molar-refractivity contribution in [3.05, 3.63) is 57.8 Å². The van der Waals surface area contributed by atoms with Crippen molar-refractivity contribution in [2.75, 3.05) is 13.1 Å². The maximum Gasteiger partial charge on any atom is 0.00234 e. The zero-order valence-electron chi connectivity index (χ0n) is 11.9. The van der Waals surface area contributed by atoms with Crippen molar-refractivity contribution in [1.82, 2.24) is 5.32 Å². The van der Waals surface area contributed by atoms with Gasteiger partial charge in [0.2, 0.25) is 0 Å². The summed E-state index contributed by atoms with van der Waals surface area (Å²) >= 11 is 1.79. The minimum Gasteiger partial charge on any atom is -0.316 e. The van der Waals surface area contributed by atoms with Crippen molar-refractivity contribution >= 4 is 11.3 Å². The highest BCUT2D eigenvalue weighted by Gasteiger charge is 2.14. The predicted octanol–water partition coefficient (Wildman–Crippen LogP) is 4.38. The largest absolute Gasteiger partial charge is 0.316 e. The van der Waals surface area contributed by atoms with Gasteiger partial charge in [-0.1, -0.05) is 31.2 Å². The summed E-state index contributed by atoms with van der Waals surface area (Å²) in [5.41, 5.74) is 4.34. The lowest BCUT2D eigenvalue weighted by Crippen LogP contribution is -2.24. The van der Waals surface area contributed by atoms with Gasteiger partial charge in [-0.2, -0.15) is 11.3 Å². The van der Waals surface area contributed by atoms with Crippen LogP contribution in [0.1, 0.15) is 36.0 Å². The van der Waals surface area contributed by atoms with Crippen LogP contribution in [-0.4, -0.2) is 13.1 Å². The van der Waals surface area contributed by atoms with Crippen LogP contribution in [0.2, 0.25) is 0 Å². The van der Waals surface area contributed by atoms with E-state index in [1.807, 2.05) is 0 Å². The molecule has 1 N–H and O–H groups in total. The van der Waals surface area contributed by atoms with Crippen LogP contribution in [0.5, 0.6) is 0 Å². The number of hydrogen-bond donors (Lipinski definition) is 1. The van der Waals surface area contributed by atoms with Gasteiger partial charge < -0.3 is 5.32 Å². The molecule has 1 nitrogen and oxygen atoms in total. The van der Waals surface area contributed by atoms with E-state index in [-0.39, 0.29) is 0 Å². The topological polar surface area (TPSA) is 12.0 Å². The van der Waals surface area contributed by atoms with Crippen LogP contribution in [0.15, 0.2) is 41.1 Å². The van der Waals surface area contributed by atoms with Crippen molar-refractivity contribution in [2.45, 2.75) is 32.6 Å². The normalized spacial score (nSPS) is 12.5. The summed E-state index contributed by atoms with van der Waals surface area (Å²) in [6.07, 6.45) is 2.32. The highest BCUT2D eigenvalue weighted by atomic mass is 32.1. The van der Waals surface area contributed by atoms with Gasteiger partial charge >= 0.3 is 0 Å². The lowest BCUT2D eigenvalue weighted by Gasteiger charge is -2.19. The molecule has 0 fully saturated rings. The van der Waals surface area contributed by atoms with Crippen LogP contribution in [0.3, 0.4) is 0 Å². The molecular weight excluding hydrogens is 250 g/mol.